The molecule has 0 bridgehead atoms. The molecule has 0 saturated carbocycles. The maximum Gasteiger partial charge on any atom is 0.307 e. The number of carboxylic acids is 1. The Bertz CT molecular complexity index is 677. The van der Waals surface area contributed by atoms with Gasteiger partial charge in [-0.1, -0.05) is 11.6 Å². The zero-order valence-electron chi connectivity index (χ0n) is 11.3. The van der Waals surface area contributed by atoms with Crippen molar-refractivity contribution in [2.75, 3.05) is 13.1 Å². The van der Waals surface area contributed by atoms with Gasteiger partial charge in [-0.3, -0.25) is 4.79 Å². The summed E-state index contributed by atoms with van der Waals surface area (Å²) >= 11 is 5.84. The van der Waals surface area contributed by atoms with Crippen LogP contribution in [-0.2, 0) is 14.8 Å². The number of nitrogens with zero attached hydrogens (tertiary/aromatic N) is 1. The Hall–Kier alpha value is -1.18. The number of rotatable bonds is 3. The van der Waals surface area contributed by atoms with Crippen LogP contribution in [0.3, 0.4) is 0 Å². The summed E-state index contributed by atoms with van der Waals surface area (Å²) in [5, 5.41) is 8.83. The van der Waals surface area contributed by atoms with Gasteiger partial charge in [-0.05, 0) is 37.5 Å². The predicted octanol–water partition coefficient (Wildman–Crippen LogP) is 2.27. The molecule has 1 aromatic rings. The minimum atomic E-state index is -3.93. The van der Waals surface area contributed by atoms with E-state index in [1.54, 1.807) is 0 Å². The van der Waals surface area contributed by atoms with E-state index in [9.17, 15) is 17.6 Å². The highest BCUT2D eigenvalue weighted by Gasteiger charge is 2.34. The predicted molar refractivity (Wildman–Crippen MR) is 75.3 cm³/mol. The first-order chi connectivity index (χ1) is 9.73. The lowest BCUT2D eigenvalue weighted by Crippen LogP contribution is -2.42. The molecule has 5 nitrogen and oxygen atoms in total. The monoisotopic (exact) mass is 335 g/mol. The number of benzene rings is 1. The SMILES string of the molecule is Cc1cc(S(=O)(=O)N2CCCC(C(=O)O)C2)c(Cl)cc1F. The smallest absolute Gasteiger partial charge is 0.307 e. The van der Waals surface area contributed by atoms with Crippen molar-refractivity contribution in [2.45, 2.75) is 24.7 Å². The molecule has 1 fully saturated rings. The Kier molecular flexibility index (Phi) is 4.55. The largest absolute Gasteiger partial charge is 0.481 e. The Balaban J connectivity index is 2.38. The Labute approximate surface area is 127 Å². The zero-order valence-corrected chi connectivity index (χ0v) is 12.9. The average Bonchev–Trinajstić information content (AvgIpc) is 2.42. The van der Waals surface area contributed by atoms with Gasteiger partial charge in [0.15, 0.2) is 0 Å². The van der Waals surface area contributed by atoms with Gasteiger partial charge in [0.2, 0.25) is 10.0 Å². The lowest BCUT2D eigenvalue weighted by atomic mass is 10.0. The highest BCUT2D eigenvalue weighted by Crippen LogP contribution is 2.30. The second-order valence-electron chi connectivity index (χ2n) is 5.07. The number of carboxylic acid groups (broad SMARTS) is 1. The molecule has 0 aliphatic carbocycles. The average molecular weight is 336 g/mol. The molecule has 2 rings (SSSR count). The normalized spacial score (nSPS) is 20.4. The topological polar surface area (TPSA) is 74.7 Å². The van der Waals surface area contributed by atoms with Gasteiger partial charge in [0.1, 0.15) is 10.7 Å². The van der Waals surface area contributed by atoms with Crippen LogP contribution in [0.15, 0.2) is 17.0 Å². The Morgan fingerprint density at radius 2 is 2.14 bits per heavy atom. The molecule has 0 radical (unpaired) electrons. The summed E-state index contributed by atoms with van der Waals surface area (Å²) in [6.45, 7) is 1.59. The molecule has 21 heavy (non-hydrogen) atoms. The van der Waals surface area contributed by atoms with Crippen LogP contribution in [0.25, 0.3) is 0 Å². The van der Waals surface area contributed by atoms with E-state index in [0.717, 1.165) is 10.4 Å². The maximum absolute atomic E-state index is 13.4. The third-order valence-corrected chi connectivity index (χ3v) is 5.89. The first-order valence-corrected chi connectivity index (χ1v) is 8.24. The molecule has 0 aromatic heterocycles. The van der Waals surface area contributed by atoms with Crippen molar-refractivity contribution in [2.24, 2.45) is 5.92 Å². The van der Waals surface area contributed by atoms with Crippen LogP contribution in [0, 0.1) is 18.7 Å². The Morgan fingerprint density at radius 3 is 2.76 bits per heavy atom. The van der Waals surface area contributed by atoms with Gasteiger partial charge in [-0.2, -0.15) is 4.31 Å². The molecule has 1 unspecified atom stereocenters. The first kappa shape index (κ1) is 16.2. The molecule has 116 valence electrons. The summed E-state index contributed by atoms with van der Waals surface area (Å²) in [6.07, 6.45) is 0.908. The molecule has 0 spiro atoms. The molecule has 1 saturated heterocycles. The fourth-order valence-corrected chi connectivity index (χ4v) is 4.43. The molecule has 1 atom stereocenters. The van der Waals surface area contributed by atoms with Gasteiger partial charge in [0.25, 0.3) is 0 Å². The van der Waals surface area contributed by atoms with E-state index < -0.39 is 27.7 Å². The van der Waals surface area contributed by atoms with E-state index in [4.69, 9.17) is 16.7 Å². The van der Waals surface area contributed by atoms with Crippen molar-refractivity contribution in [1.29, 1.82) is 0 Å². The molecule has 8 heteroatoms. The van der Waals surface area contributed by atoms with Crippen LogP contribution in [0.1, 0.15) is 18.4 Å². The van der Waals surface area contributed by atoms with Crippen LogP contribution in [-0.4, -0.2) is 36.9 Å². The second-order valence-corrected chi connectivity index (χ2v) is 7.39. The number of sulfonamides is 1. The number of aryl methyl sites for hydroxylation is 1. The minimum absolute atomic E-state index is 0.0928. The summed E-state index contributed by atoms with van der Waals surface area (Å²) in [5.41, 5.74) is 0.171. The molecule has 1 aliphatic rings. The fraction of sp³-hybridized carbons (Fsp3) is 0.462. The number of carbonyl (C=O) groups is 1. The molecule has 1 heterocycles. The van der Waals surface area contributed by atoms with Gasteiger partial charge in [0, 0.05) is 13.1 Å². The lowest BCUT2D eigenvalue weighted by molar-refractivity contribution is -0.142. The molecular formula is C13H15ClFNO4S. The van der Waals surface area contributed by atoms with Gasteiger partial charge in [-0.25, -0.2) is 12.8 Å². The van der Waals surface area contributed by atoms with Crippen molar-refractivity contribution in [3.63, 3.8) is 0 Å². The number of hydrogen-bond acceptors (Lipinski definition) is 3. The zero-order chi connectivity index (χ0) is 15.8. The fourth-order valence-electron chi connectivity index (χ4n) is 2.33. The van der Waals surface area contributed by atoms with E-state index in [-0.39, 0.29) is 28.6 Å². The van der Waals surface area contributed by atoms with Gasteiger partial charge >= 0.3 is 5.97 Å². The van der Waals surface area contributed by atoms with E-state index in [1.807, 2.05) is 0 Å². The van der Waals surface area contributed by atoms with E-state index >= 15 is 0 Å². The first-order valence-electron chi connectivity index (χ1n) is 6.42. The second kappa shape index (κ2) is 5.90. The number of piperidine rings is 1. The van der Waals surface area contributed by atoms with Gasteiger partial charge < -0.3 is 5.11 Å². The summed E-state index contributed by atoms with van der Waals surface area (Å²) in [7, 11) is -3.93. The number of hydrogen-bond donors (Lipinski definition) is 1. The maximum atomic E-state index is 13.4. The summed E-state index contributed by atoms with van der Waals surface area (Å²) in [5.74, 6) is -2.33. The van der Waals surface area contributed by atoms with E-state index in [0.29, 0.717) is 12.8 Å². The van der Waals surface area contributed by atoms with Crippen molar-refractivity contribution in [1.82, 2.24) is 4.31 Å². The molecule has 1 aromatic carbocycles. The Morgan fingerprint density at radius 1 is 1.48 bits per heavy atom. The highest BCUT2D eigenvalue weighted by atomic mass is 35.5. The third-order valence-electron chi connectivity index (χ3n) is 3.56. The highest BCUT2D eigenvalue weighted by molar-refractivity contribution is 7.89. The summed E-state index contributed by atoms with van der Waals surface area (Å²) in [6, 6.07) is 2.14. The van der Waals surface area contributed by atoms with E-state index in [1.165, 1.54) is 13.0 Å². The minimum Gasteiger partial charge on any atom is -0.481 e. The van der Waals surface area contributed by atoms with Crippen LogP contribution >= 0.6 is 11.6 Å². The number of halogens is 2. The van der Waals surface area contributed by atoms with Crippen molar-refractivity contribution >= 4 is 27.6 Å². The van der Waals surface area contributed by atoms with Crippen LogP contribution < -0.4 is 0 Å². The third kappa shape index (κ3) is 3.20. The number of aliphatic carboxylic acids is 1. The summed E-state index contributed by atoms with van der Waals surface area (Å²) in [4.78, 5) is 10.8. The van der Waals surface area contributed by atoms with Crippen LogP contribution in [0.2, 0.25) is 5.02 Å². The van der Waals surface area contributed by atoms with Gasteiger partial charge in [0.05, 0.1) is 10.9 Å². The van der Waals surface area contributed by atoms with Crippen molar-refractivity contribution in [3.8, 4) is 0 Å². The van der Waals surface area contributed by atoms with Crippen LogP contribution in [0.4, 0.5) is 4.39 Å². The van der Waals surface area contributed by atoms with Crippen molar-refractivity contribution < 1.29 is 22.7 Å². The van der Waals surface area contributed by atoms with Gasteiger partial charge in [-0.15, -0.1) is 0 Å². The standard InChI is InChI=1S/C13H15ClFNO4S/c1-8-5-12(10(14)6-11(8)15)21(19,20)16-4-2-3-9(7-16)13(17)18/h5-6,9H,2-4,7H2,1H3,(H,17,18). The molecule has 0 amide bonds. The quantitative estimate of drug-likeness (QED) is 0.919. The molecule has 1 aliphatic heterocycles. The van der Waals surface area contributed by atoms with Crippen LogP contribution in [0.5, 0.6) is 0 Å². The molecule has 1 N–H and O–H groups in total. The lowest BCUT2D eigenvalue weighted by Gasteiger charge is -2.30. The molecular weight excluding hydrogens is 321 g/mol. The summed E-state index contributed by atoms with van der Waals surface area (Å²) < 4.78 is 39.6. The van der Waals surface area contributed by atoms with Crippen molar-refractivity contribution in [3.05, 3.63) is 28.5 Å². The van der Waals surface area contributed by atoms with E-state index in [2.05, 4.69) is 0 Å².